The molecule has 2 rings (SSSR count). The Morgan fingerprint density at radius 3 is 2.88 bits per heavy atom. The van der Waals surface area contributed by atoms with Gasteiger partial charge in [0.2, 0.25) is 0 Å². The van der Waals surface area contributed by atoms with E-state index in [1.165, 1.54) is 24.8 Å². The standard InChI is InChI=1S/C13H23N3/c1-10-4-5-12(6-10)13(14-2)7-11-8-15-16(3)9-11/h8-10,12-14H,4-7H2,1-3H3. The molecule has 0 saturated heterocycles. The van der Waals surface area contributed by atoms with Crippen molar-refractivity contribution in [1.29, 1.82) is 0 Å². The van der Waals surface area contributed by atoms with E-state index < -0.39 is 0 Å². The first kappa shape index (κ1) is 11.6. The molecule has 0 spiro atoms. The van der Waals surface area contributed by atoms with Crippen LogP contribution in [0.2, 0.25) is 0 Å². The van der Waals surface area contributed by atoms with Gasteiger partial charge in [-0.25, -0.2) is 0 Å². The summed E-state index contributed by atoms with van der Waals surface area (Å²) in [6.45, 7) is 2.37. The Labute approximate surface area is 98.2 Å². The zero-order valence-corrected chi connectivity index (χ0v) is 10.6. The molecule has 1 heterocycles. The largest absolute Gasteiger partial charge is 0.316 e. The Kier molecular flexibility index (Phi) is 3.64. The van der Waals surface area contributed by atoms with Gasteiger partial charge in [0.05, 0.1) is 6.20 Å². The first-order valence-corrected chi connectivity index (χ1v) is 6.34. The summed E-state index contributed by atoms with van der Waals surface area (Å²) in [5, 5.41) is 7.72. The molecule has 0 amide bonds. The van der Waals surface area contributed by atoms with Crippen LogP contribution in [0.15, 0.2) is 12.4 Å². The highest BCUT2D eigenvalue weighted by Crippen LogP contribution is 2.33. The molecule has 1 saturated carbocycles. The summed E-state index contributed by atoms with van der Waals surface area (Å²) >= 11 is 0. The lowest BCUT2D eigenvalue weighted by Gasteiger charge is -2.22. The van der Waals surface area contributed by atoms with Gasteiger partial charge in [-0.05, 0) is 43.7 Å². The molecule has 0 aliphatic heterocycles. The molecule has 1 aliphatic carbocycles. The van der Waals surface area contributed by atoms with Crippen LogP contribution >= 0.6 is 0 Å². The van der Waals surface area contributed by atoms with Crippen molar-refractivity contribution in [2.45, 2.75) is 38.6 Å². The van der Waals surface area contributed by atoms with Crippen LogP contribution in [0, 0.1) is 11.8 Å². The topological polar surface area (TPSA) is 29.9 Å². The summed E-state index contributed by atoms with van der Waals surface area (Å²) < 4.78 is 1.89. The van der Waals surface area contributed by atoms with E-state index in [9.17, 15) is 0 Å². The van der Waals surface area contributed by atoms with Crippen molar-refractivity contribution in [3.63, 3.8) is 0 Å². The second-order valence-corrected chi connectivity index (χ2v) is 5.30. The fourth-order valence-corrected chi connectivity index (χ4v) is 2.95. The third-order valence-corrected chi connectivity index (χ3v) is 3.89. The van der Waals surface area contributed by atoms with Crippen LogP contribution in [0.25, 0.3) is 0 Å². The number of nitrogens with one attached hydrogen (secondary N) is 1. The van der Waals surface area contributed by atoms with E-state index >= 15 is 0 Å². The highest BCUT2D eigenvalue weighted by molar-refractivity contribution is 5.07. The Hall–Kier alpha value is -0.830. The minimum atomic E-state index is 0.620. The molecule has 0 bridgehead atoms. The summed E-state index contributed by atoms with van der Waals surface area (Å²) in [4.78, 5) is 0. The summed E-state index contributed by atoms with van der Waals surface area (Å²) in [7, 11) is 4.07. The van der Waals surface area contributed by atoms with E-state index in [1.807, 2.05) is 17.9 Å². The fraction of sp³-hybridized carbons (Fsp3) is 0.769. The molecule has 1 N–H and O–H groups in total. The Balaban J connectivity index is 1.95. The lowest BCUT2D eigenvalue weighted by molar-refractivity contribution is 0.367. The van der Waals surface area contributed by atoms with E-state index in [1.54, 1.807) is 0 Å². The first-order valence-electron chi connectivity index (χ1n) is 6.34. The van der Waals surface area contributed by atoms with Crippen molar-refractivity contribution in [3.05, 3.63) is 18.0 Å². The molecule has 16 heavy (non-hydrogen) atoms. The number of likely N-dealkylation sites (N-methyl/N-ethyl adjacent to an activating group) is 1. The van der Waals surface area contributed by atoms with Gasteiger partial charge in [0.1, 0.15) is 0 Å². The molecule has 1 aromatic heterocycles. The van der Waals surface area contributed by atoms with Crippen LogP contribution in [0.5, 0.6) is 0 Å². The molecule has 0 aromatic carbocycles. The van der Waals surface area contributed by atoms with Gasteiger partial charge < -0.3 is 5.32 Å². The van der Waals surface area contributed by atoms with Gasteiger partial charge in [0, 0.05) is 19.3 Å². The normalized spacial score (nSPS) is 27.2. The van der Waals surface area contributed by atoms with Crippen molar-refractivity contribution in [2.75, 3.05) is 7.05 Å². The predicted octanol–water partition coefficient (Wildman–Crippen LogP) is 1.99. The maximum absolute atomic E-state index is 4.23. The monoisotopic (exact) mass is 221 g/mol. The van der Waals surface area contributed by atoms with Gasteiger partial charge in [-0.3, -0.25) is 4.68 Å². The average molecular weight is 221 g/mol. The maximum atomic E-state index is 4.23. The van der Waals surface area contributed by atoms with Crippen LogP contribution < -0.4 is 5.32 Å². The second-order valence-electron chi connectivity index (χ2n) is 5.30. The lowest BCUT2D eigenvalue weighted by atomic mass is 9.92. The quantitative estimate of drug-likeness (QED) is 0.842. The molecular formula is C13H23N3. The molecule has 3 nitrogen and oxygen atoms in total. The molecule has 0 radical (unpaired) electrons. The van der Waals surface area contributed by atoms with Crippen molar-refractivity contribution < 1.29 is 0 Å². The number of hydrogen-bond acceptors (Lipinski definition) is 2. The Morgan fingerprint density at radius 1 is 1.56 bits per heavy atom. The SMILES string of the molecule is CNC(Cc1cnn(C)c1)C1CCC(C)C1. The molecule has 3 heteroatoms. The van der Waals surface area contributed by atoms with Gasteiger partial charge in [-0.2, -0.15) is 5.10 Å². The Morgan fingerprint density at radius 2 is 2.38 bits per heavy atom. The van der Waals surface area contributed by atoms with Crippen LogP contribution in [0.1, 0.15) is 31.7 Å². The third-order valence-electron chi connectivity index (χ3n) is 3.89. The predicted molar refractivity (Wildman–Crippen MR) is 66.3 cm³/mol. The maximum Gasteiger partial charge on any atom is 0.0522 e. The van der Waals surface area contributed by atoms with E-state index in [-0.39, 0.29) is 0 Å². The number of aryl methyl sites for hydroxylation is 1. The second kappa shape index (κ2) is 5.00. The first-order chi connectivity index (χ1) is 7.69. The number of rotatable bonds is 4. The van der Waals surface area contributed by atoms with Gasteiger partial charge in [-0.1, -0.05) is 13.3 Å². The van der Waals surface area contributed by atoms with Crippen molar-refractivity contribution >= 4 is 0 Å². The highest BCUT2D eigenvalue weighted by Gasteiger charge is 2.27. The molecule has 1 aliphatic rings. The van der Waals surface area contributed by atoms with Crippen LogP contribution in [-0.4, -0.2) is 22.9 Å². The molecule has 1 aromatic rings. The van der Waals surface area contributed by atoms with Gasteiger partial charge >= 0.3 is 0 Å². The minimum Gasteiger partial charge on any atom is -0.316 e. The van der Waals surface area contributed by atoms with Gasteiger partial charge in [-0.15, -0.1) is 0 Å². The molecule has 1 fully saturated rings. The third kappa shape index (κ3) is 2.64. The molecular weight excluding hydrogens is 198 g/mol. The van der Waals surface area contributed by atoms with E-state index in [2.05, 4.69) is 30.6 Å². The van der Waals surface area contributed by atoms with Crippen molar-refractivity contribution in [3.8, 4) is 0 Å². The van der Waals surface area contributed by atoms with Crippen molar-refractivity contribution in [1.82, 2.24) is 15.1 Å². The van der Waals surface area contributed by atoms with Gasteiger partial charge in [0.15, 0.2) is 0 Å². The Bertz CT molecular complexity index is 332. The zero-order chi connectivity index (χ0) is 11.5. The lowest BCUT2D eigenvalue weighted by Crippen LogP contribution is -2.34. The smallest absolute Gasteiger partial charge is 0.0522 e. The number of nitrogens with zero attached hydrogens (tertiary/aromatic N) is 2. The number of hydrogen-bond donors (Lipinski definition) is 1. The zero-order valence-electron chi connectivity index (χ0n) is 10.6. The van der Waals surface area contributed by atoms with Gasteiger partial charge in [0.25, 0.3) is 0 Å². The van der Waals surface area contributed by atoms with Crippen molar-refractivity contribution in [2.24, 2.45) is 18.9 Å². The highest BCUT2D eigenvalue weighted by atomic mass is 15.2. The summed E-state index contributed by atoms with van der Waals surface area (Å²) in [6, 6.07) is 0.620. The van der Waals surface area contributed by atoms with E-state index in [0.717, 1.165) is 18.3 Å². The van der Waals surface area contributed by atoms with Crippen LogP contribution in [0.4, 0.5) is 0 Å². The minimum absolute atomic E-state index is 0.620. The average Bonchev–Trinajstić information content (AvgIpc) is 2.84. The van der Waals surface area contributed by atoms with Crippen LogP contribution in [-0.2, 0) is 13.5 Å². The van der Waals surface area contributed by atoms with E-state index in [0.29, 0.717) is 6.04 Å². The van der Waals surface area contributed by atoms with E-state index in [4.69, 9.17) is 0 Å². The fourth-order valence-electron chi connectivity index (χ4n) is 2.95. The summed E-state index contributed by atoms with van der Waals surface area (Å²) in [6.07, 6.45) is 9.39. The summed E-state index contributed by atoms with van der Waals surface area (Å²) in [5.41, 5.74) is 1.35. The number of aromatic nitrogens is 2. The molecule has 3 unspecified atom stereocenters. The molecule has 90 valence electrons. The molecule has 3 atom stereocenters. The summed E-state index contributed by atoms with van der Waals surface area (Å²) in [5.74, 6) is 1.76. The van der Waals surface area contributed by atoms with Crippen LogP contribution in [0.3, 0.4) is 0 Å².